The van der Waals surface area contributed by atoms with Crippen LogP contribution in [0, 0.1) is 18.3 Å². The molecule has 0 spiro atoms. The summed E-state index contributed by atoms with van der Waals surface area (Å²) < 4.78 is 1.91. The van der Waals surface area contributed by atoms with Crippen LogP contribution in [0.3, 0.4) is 0 Å². The topological polar surface area (TPSA) is 66.5 Å². The van der Waals surface area contributed by atoms with Gasteiger partial charge in [0.05, 0.1) is 5.56 Å². The maximum atomic E-state index is 9.24. The number of hydrogen-bond acceptors (Lipinski definition) is 5. The maximum Gasteiger partial charge on any atom is 0.195 e. The first kappa shape index (κ1) is 13.6. The van der Waals surface area contributed by atoms with Crippen LogP contribution in [0.5, 0.6) is 0 Å². The first-order chi connectivity index (χ1) is 9.15. The van der Waals surface area contributed by atoms with Gasteiger partial charge in [-0.05, 0) is 43.4 Å². The van der Waals surface area contributed by atoms with Crippen molar-refractivity contribution in [1.82, 2.24) is 20.1 Å². The Morgan fingerprint density at radius 3 is 2.79 bits per heavy atom. The van der Waals surface area contributed by atoms with Crippen LogP contribution in [0.4, 0.5) is 0 Å². The molecule has 98 valence electrons. The monoisotopic (exact) mass is 273 g/mol. The minimum atomic E-state index is 0.665. The molecule has 0 saturated carbocycles. The van der Waals surface area contributed by atoms with E-state index in [0.717, 1.165) is 28.0 Å². The van der Waals surface area contributed by atoms with Crippen molar-refractivity contribution in [2.75, 3.05) is 7.05 Å². The van der Waals surface area contributed by atoms with Gasteiger partial charge in [-0.3, -0.25) is 0 Å². The summed E-state index contributed by atoms with van der Waals surface area (Å²) in [7, 11) is 3.80. The molecule has 1 aromatic heterocycles. The molecule has 1 N–H and O–H groups in total. The zero-order chi connectivity index (χ0) is 13.8. The summed E-state index contributed by atoms with van der Waals surface area (Å²) in [6.07, 6.45) is 0. The average molecular weight is 273 g/mol. The van der Waals surface area contributed by atoms with Crippen molar-refractivity contribution < 1.29 is 0 Å². The van der Waals surface area contributed by atoms with Crippen LogP contribution in [0.1, 0.15) is 17.0 Å². The van der Waals surface area contributed by atoms with Crippen molar-refractivity contribution in [3.05, 3.63) is 35.2 Å². The van der Waals surface area contributed by atoms with Gasteiger partial charge in [-0.25, -0.2) is 0 Å². The third-order valence-corrected chi connectivity index (χ3v) is 3.91. The summed E-state index contributed by atoms with van der Waals surface area (Å²) in [5, 5.41) is 21.2. The third kappa shape index (κ3) is 2.95. The zero-order valence-electron chi connectivity index (χ0n) is 11.1. The second-order valence-corrected chi connectivity index (χ2v) is 5.17. The Bertz CT molecular complexity index is 626. The Hall–Kier alpha value is -1.84. The molecule has 0 saturated heterocycles. The van der Waals surface area contributed by atoms with Crippen LogP contribution in [0.15, 0.2) is 28.3 Å². The van der Waals surface area contributed by atoms with Gasteiger partial charge in [0.2, 0.25) is 0 Å². The van der Waals surface area contributed by atoms with Gasteiger partial charge in [0.1, 0.15) is 11.9 Å². The smallest absolute Gasteiger partial charge is 0.195 e. The van der Waals surface area contributed by atoms with Crippen LogP contribution in [0.2, 0.25) is 0 Å². The van der Waals surface area contributed by atoms with Gasteiger partial charge >= 0.3 is 0 Å². The highest BCUT2D eigenvalue weighted by Gasteiger charge is 2.10. The first-order valence-electron chi connectivity index (χ1n) is 5.87. The fourth-order valence-electron chi connectivity index (χ4n) is 1.64. The van der Waals surface area contributed by atoms with E-state index in [-0.39, 0.29) is 0 Å². The molecule has 6 heteroatoms. The molecule has 0 aliphatic heterocycles. The molecule has 0 radical (unpaired) electrons. The largest absolute Gasteiger partial charge is 0.316 e. The molecular formula is C13H15N5S. The Morgan fingerprint density at radius 2 is 2.21 bits per heavy atom. The predicted molar refractivity (Wildman–Crippen MR) is 73.8 cm³/mol. The van der Waals surface area contributed by atoms with E-state index in [2.05, 4.69) is 21.6 Å². The Balaban J connectivity index is 2.30. The van der Waals surface area contributed by atoms with E-state index in [9.17, 15) is 5.26 Å². The minimum Gasteiger partial charge on any atom is -0.316 e. The molecule has 0 bridgehead atoms. The lowest BCUT2D eigenvalue weighted by atomic mass is 10.1. The van der Waals surface area contributed by atoms with Crippen molar-refractivity contribution in [3.63, 3.8) is 0 Å². The van der Waals surface area contributed by atoms with E-state index in [0.29, 0.717) is 5.56 Å². The van der Waals surface area contributed by atoms with E-state index >= 15 is 0 Å². The van der Waals surface area contributed by atoms with Crippen molar-refractivity contribution >= 4 is 11.8 Å². The summed E-state index contributed by atoms with van der Waals surface area (Å²) in [6.45, 7) is 2.65. The standard InChI is InChI=1S/C13H15N5S/c1-9-16-17-13(18(9)3)19-12-5-4-10(8-15-2)6-11(12)7-14/h4-6,15H,8H2,1-3H3. The molecule has 1 aromatic carbocycles. The van der Waals surface area contributed by atoms with Crippen LogP contribution >= 0.6 is 11.8 Å². The fraction of sp³-hybridized carbons (Fsp3) is 0.308. The number of hydrogen-bond donors (Lipinski definition) is 1. The second-order valence-electron chi connectivity index (χ2n) is 4.16. The summed E-state index contributed by atoms with van der Waals surface area (Å²) in [4.78, 5) is 0.901. The Morgan fingerprint density at radius 1 is 1.42 bits per heavy atom. The van der Waals surface area contributed by atoms with Crippen LogP contribution in [-0.2, 0) is 13.6 Å². The molecule has 0 aliphatic rings. The van der Waals surface area contributed by atoms with Gasteiger partial charge in [-0.1, -0.05) is 6.07 Å². The first-order valence-corrected chi connectivity index (χ1v) is 6.69. The number of benzene rings is 1. The molecule has 0 unspecified atom stereocenters. The summed E-state index contributed by atoms with van der Waals surface area (Å²) in [5.41, 5.74) is 1.76. The van der Waals surface area contributed by atoms with Crippen LogP contribution in [0.25, 0.3) is 0 Å². The Labute approximate surface area is 116 Å². The fourth-order valence-corrected chi connectivity index (χ4v) is 2.54. The molecule has 2 aromatic rings. The van der Waals surface area contributed by atoms with Gasteiger partial charge < -0.3 is 9.88 Å². The van der Waals surface area contributed by atoms with Crippen molar-refractivity contribution in [2.45, 2.75) is 23.5 Å². The van der Waals surface area contributed by atoms with Crippen LogP contribution in [-0.4, -0.2) is 21.8 Å². The third-order valence-electron chi connectivity index (χ3n) is 2.80. The lowest BCUT2D eigenvalue weighted by molar-refractivity contribution is 0.765. The molecule has 1 heterocycles. The average Bonchev–Trinajstić information content (AvgIpc) is 2.72. The highest BCUT2D eigenvalue weighted by molar-refractivity contribution is 7.99. The molecular weight excluding hydrogens is 258 g/mol. The molecule has 2 rings (SSSR count). The quantitative estimate of drug-likeness (QED) is 0.921. The van der Waals surface area contributed by atoms with E-state index in [1.807, 2.05) is 43.8 Å². The van der Waals surface area contributed by atoms with Gasteiger partial charge in [0.15, 0.2) is 5.16 Å². The van der Waals surface area contributed by atoms with Crippen molar-refractivity contribution in [3.8, 4) is 6.07 Å². The molecule has 19 heavy (non-hydrogen) atoms. The molecule has 0 fully saturated rings. The summed E-state index contributed by atoms with van der Waals surface area (Å²) in [6, 6.07) is 8.11. The highest BCUT2D eigenvalue weighted by Crippen LogP contribution is 2.29. The van der Waals surface area contributed by atoms with Crippen molar-refractivity contribution in [2.24, 2.45) is 7.05 Å². The molecule has 0 aliphatic carbocycles. The highest BCUT2D eigenvalue weighted by atomic mass is 32.2. The summed E-state index contributed by atoms with van der Waals surface area (Å²) in [5.74, 6) is 0.854. The summed E-state index contributed by atoms with van der Waals surface area (Å²) >= 11 is 1.46. The van der Waals surface area contributed by atoms with E-state index < -0.39 is 0 Å². The van der Waals surface area contributed by atoms with Gasteiger partial charge in [0, 0.05) is 18.5 Å². The van der Waals surface area contributed by atoms with Gasteiger partial charge in [-0.2, -0.15) is 5.26 Å². The number of nitrogens with zero attached hydrogens (tertiary/aromatic N) is 4. The molecule has 5 nitrogen and oxygen atoms in total. The maximum absolute atomic E-state index is 9.24. The van der Waals surface area contributed by atoms with Gasteiger partial charge in [-0.15, -0.1) is 10.2 Å². The lowest BCUT2D eigenvalue weighted by Crippen LogP contribution is -2.05. The van der Waals surface area contributed by atoms with Gasteiger partial charge in [0.25, 0.3) is 0 Å². The van der Waals surface area contributed by atoms with E-state index in [4.69, 9.17) is 0 Å². The number of nitriles is 1. The minimum absolute atomic E-state index is 0.665. The zero-order valence-corrected chi connectivity index (χ0v) is 12.0. The van der Waals surface area contributed by atoms with E-state index in [1.165, 1.54) is 11.8 Å². The van der Waals surface area contributed by atoms with Crippen molar-refractivity contribution in [1.29, 1.82) is 5.26 Å². The van der Waals surface area contributed by atoms with Crippen LogP contribution < -0.4 is 5.32 Å². The number of nitrogens with one attached hydrogen (secondary N) is 1. The Kier molecular flexibility index (Phi) is 4.20. The number of rotatable bonds is 4. The lowest BCUT2D eigenvalue weighted by Gasteiger charge is -2.06. The molecule has 0 atom stereocenters. The predicted octanol–water partition coefficient (Wildman–Crippen LogP) is 1.87. The number of aromatic nitrogens is 3. The number of aryl methyl sites for hydroxylation is 1. The normalized spacial score (nSPS) is 10.4. The molecule has 0 amide bonds. The SMILES string of the molecule is CNCc1ccc(Sc2nnc(C)n2C)c(C#N)c1. The van der Waals surface area contributed by atoms with E-state index in [1.54, 1.807) is 0 Å². The second kappa shape index (κ2) is 5.87.